The second kappa shape index (κ2) is 12.9. The van der Waals surface area contributed by atoms with E-state index in [1.165, 1.54) is 12.1 Å². The molecule has 2 saturated heterocycles. The van der Waals surface area contributed by atoms with Gasteiger partial charge in [0.15, 0.2) is 5.82 Å². The molecule has 0 unspecified atom stereocenters. The van der Waals surface area contributed by atoms with E-state index in [9.17, 15) is 22.8 Å². The van der Waals surface area contributed by atoms with Crippen LogP contribution >= 0.6 is 22.9 Å². The van der Waals surface area contributed by atoms with E-state index in [0.717, 1.165) is 43.0 Å². The van der Waals surface area contributed by atoms with Crippen LogP contribution in [0, 0.1) is 23.0 Å². The molecule has 18 heteroatoms. The highest BCUT2D eigenvalue weighted by atomic mass is 35.5. The molecule has 266 valence electrons. The standard InChI is InChI=1S/C31H28ClF2N9S.C2HF3O2/c1-15(16-5-4-9-38-27(16)36)42(3)29-18-11-20(32)23(17-6-7-21(33)26-22(17)19(12-35)28(37)44-26)24(34)25(18)39-30(40-29)43-13-31(14-43)8-10-41(31)2;3-2(4,5)1(6)7/h4-7,9,11,15H,8,10,13-14,37H2,1-3H3,(H2,36,38);(H,6,7)/t15-;/m1./s1. The highest BCUT2D eigenvalue weighted by Crippen LogP contribution is 2.47. The van der Waals surface area contributed by atoms with Crippen molar-refractivity contribution in [2.75, 3.05) is 55.0 Å². The number of thiophene rings is 1. The highest BCUT2D eigenvalue weighted by Gasteiger charge is 2.52. The number of nitriles is 1. The number of halogens is 6. The molecule has 0 bridgehead atoms. The summed E-state index contributed by atoms with van der Waals surface area (Å²) in [5.74, 6) is -2.75. The second-order valence-corrected chi connectivity index (χ2v) is 13.8. The zero-order valence-corrected chi connectivity index (χ0v) is 28.8. The van der Waals surface area contributed by atoms with Gasteiger partial charge in [0.1, 0.15) is 34.0 Å². The topological polar surface area (TPSA) is 162 Å². The third-order valence-electron chi connectivity index (χ3n) is 9.50. The number of likely N-dealkylation sites (tertiary alicyclic amines) is 1. The number of aromatic nitrogens is 3. The Morgan fingerprint density at radius 2 is 1.90 bits per heavy atom. The molecule has 0 amide bonds. The molecule has 0 aliphatic carbocycles. The van der Waals surface area contributed by atoms with Crippen molar-refractivity contribution in [3.63, 3.8) is 0 Å². The SMILES string of the molecule is C[C@H](c1cccnc1N)N(C)c1nc(N2CC3(CCN3C)C2)nc2c(F)c(-c3ccc(F)c4sc(N)c(C#N)c34)c(Cl)cc12.O=C(O)C(F)(F)F. The summed E-state index contributed by atoms with van der Waals surface area (Å²) in [6.45, 7) is 4.45. The number of carbonyl (C=O) groups is 1. The molecule has 5 aromatic rings. The molecule has 2 fully saturated rings. The van der Waals surface area contributed by atoms with Gasteiger partial charge in [0.25, 0.3) is 0 Å². The van der Waals surface area contributed by atoms with Crippen molar-refractivity contribution in [3.8, 4) is 17.2 Å². The van der Waals surface area contributed by atoms with Crippen LogP contribution in [0.4, 0.5) is 44.5 Å². The van der Waals surface area contributed by atoms with Crippen molar-refractivity contribution in [3.05, 3.63) is 64.3 Å². The first kappa shape index (κ1) is 35.8. The monoisotopic (exact) mass is 745 g/mol. The maximum absolute atomic E-state index is 16.9. The van der Waals surface area contributed by atoms with Crippen LogP contribution in [-0.4, -0.2) is 76.4 Å². The Hall–Kier alpha value is -5.05. The summed E-state index contributed by atoms with van der Waals surface area (Å²) in [5.41, 5.74) is 13.6. The van der Waals surface area contributed by atoms with Gasteiger partial charge in [0, 0.05) is 54.8 Å². The lowest BCUT2D eigenvalue weighted by molar-refractivity contribution is -0.192. The molecule has 2 aromatic carbocycles. The quantitative estimate of drug-likeness (QED) is 0.166. The van der Waals surface area contributed by atoms with Gasteiger partial charge < -0.3 is 26.4 Å². The van der Waals surface area contributed by atoms with Crippen LogP contribution in [0.5, 0.6) is 0 Å². The Kier molecular flexibility index (Phi) is 9.07. The molecular weight excluding hydrogens is 717 g/mol. The number of anilines is 4. The first-order valence-corrected chi connectivity index (χ1v) is 16.5. The predicted molar refractivity (Wildman–Crippen MR) is 186 cm³/mol. The number of fused-ring (bicyclic) bond motifs is 2. The van der Waals surface area contributed by atoms with Crippen LogP contribution in [0.2, 0.25) is 5.02 Å². The zero-order valence-electron chi connectivity index (χ0n) is 27.2. The van der Waals surface area contributed by atoms with Crippen LogP contribution in [0.15, 0.2) is 36.5 Å². The number of benzene rings is 2. The molecule has 7 rings (SSSR count). The number of hydrogen-bond donors (Lipinski definition) is 3. The largest absolute Gasteiger partial charge is 0.490 e. The van der Waals surface area contributed by atoms with Crippen molar-refractivity contribution in [2.45, 2.75) is 31.1 Å². The van der Waals surface area contributed by atoms with Gasteiger partial charge in [-0.15, -0.1) is 11.3 Å². The Balaban J connectivity index is 0.000000582. The van der Waals surface area contributed by atoms with Gasteiger partial charge in [-0.2, -0.15) is 23.4 Å². The Morgan fingerprint density at radius 3 is 2.47 bits per heavy atom. The molecule has 1 spiro atoms. The van der Waals surface area contributed by atoms with Crippen LogP contribution in [-0.2, 0) is 4.79 Å². The minimum Gasteiger partial charge on any atom is -0.475 e. The number of carboxylic acids is 1. The molecule has 0 radical (unpaired) electrons. The third-order valence-corrected chi connectivity index (χ3v) is 10.8. The van der Waals surface area contributed by atoms with Gasteiger partial charge in [-0.25, -0.2) is 23.5 Å². The van der Waals surface area contributed by atoms with E-state index in [1.54, 1.807) is 12.3 Å². The van der Waals surface area contributed by atoms with Crippen molar-refractivity contribution >= 4 is 72.5 Å². The fraction of sp³-hybridized carbons (Fsp3) is 0.303. The summed E-state index contributed by atoms with van der Waals surface area (Å²) in [5, 5.41) is 17.8. The van der Waals surface area contributed by atoms with Gasteiger partial charge in [-0.1, -0.05) is 23.7 Å². The maximum Gasteiger partial charge on any atom is 0.490 e. The van der Waals surface area contributed by atoms with E-state index in [0.29, 0.717) is 23.0 Å². The zero-order chi connectivity index (χ0) is 37.2. The van der Waals surface area contributed by atoms with Crippen molar-refractivity contribution in [2.24, 2.45) is 0 Å². The normalized spacial score (nSPS) is 15.9. The minimum atomic E-state index is -5.08. The highest BCUT2D eigenvalue weighted by molar-refractivity contribution is 7.23. The number of likely N-dealkylation sites (N-methyl/N-ethyl adjacent to an activating group) is 1. The summed E-state index contributed by atoms with van der Waals surface area (Å²) < 4.78 is 63.7. The van der Waals surface area contributed by atoms with Crippen LogP contribution in [0.25, 0.3) is 32.1 Å². The number of alkyl halides is 3. The van der Waals surface area contributed by atoms with Gasteiger partial charge in [-0.05, 0) is 44.2 Å². The molecule has 51 heavy (non-hydrogen) atoms. The Bertz CT molecular complexity index is 2250. The molecule has 3 aromatic heterocycles. The molecule has 5 heterocycles. The number of nitrogen functional groups attached to an aromatic ring is 2. The second-order valence-electron chi connectivity index (χ2n) is 12.4. The Morgan fingerprint density at radius 1 is 1.22 bits per heavy atom. The third kappa shape index (κ3) is 6.06. The summed E-state index contributed by atoms with van der Waals surface area (Å²) in [6, 6.07) is 9.75. The number of aliphatic carboxylic acids is 1. The van der Waals surface area contributed by atoms with E-state index < -0.39 is 23.8 Å². The van der Waals surface area contributed by atoms with E-state index in [2.05, 4.69) is 16.9 Å². The van der Waals surface area contributed by atoms with E-state index in [-0.39, 0.29) is 53.9 Å². The van der Waals surface area contributed by atoms with Crippen molar-refractivity contribution in [1.29, 1.82) is 5.26 Å². The van der Waals surface area contributed by atoms with E-state index in [4.69, 9.17) is 42.9 Å². The number of pyridine rings is 1. The fourth-order valence-electron chi connectivity index (χ4n) is 6.37. The smallest absolute Gasteiger partial charge is 0.475 e. The molecule has 1 atom stereocenters. The van der Waals surface area contributed by atoms with Gasteiger partial charge >= 0.3 is 12.1 Å². The number of rotatable bonds is 5. The molecule has 11 nitrogen and oxygen atoms in total. The van der Waals surface area contributed by atoms with Crippen molar-refractivity contribution < 1.29 is 31.9 Å². The van der Waals surface area contributed by atoms with E-state index >= 15 is 4.39 Å². The molecule has 2 aliphatic heterocycles. The number of hydrogen-bond acceptors (Lipinski definition) is 11. The summed E-state index contributed by atoms with van der Waals surface area (Å²) in [7, 11) is 3.96. The first-order valence-electron chi connectivity index (χ1n) is 15.3. The molecular formula is C33H29ClF5N9O2S. The number of nitrogens with two attached hydrogens (primary N) is 2. The number of carboxylic acid groups (broad SMARTS) is 1. The average Bonchev–Trinajstić information content (AvgIpc) is 3.40. The van der Waals surface area contributed by atoms with Gasteiger partial charge in [0.2, 0.25) is 5.95 Å². The summed E-state index contributed by atoms with van der Waals surface area (Å²) >= 11 is 7.78. The summed E-state index contributed by atoms with van der Waals surface area (Å²) in [6.07, 6.45) is -2.37. The average molecular weight is 746 g/mol. The Labute approximate surface area is 296 Å². The maximum atomic E-state index is 16.9. The fourth-order valence-corrected chi connectivity index (χ4v) is 7.61. The van der Waals surface area contributed by atoms with Crippen LogP contribution in [0.3, 0.4) is 0 Å². The minimum absolute atomic E-state index is 0.0140. The first-order chi connectivity index (χ1) is 24.0. The lowest BCUT2D eigenvalue weighted by Gasteiger charge is -2.61. The van der Waals surface area contributed by atoms with Gasteiger partial charge in [0.05, 0.1) is 26.9 Å². The van der Waals surface area contributed by atoms with E-state index in [1.807, 2.05) is 42.0 Å². The molecule has 2 aliphatic rings. The van der Waals surface area contributed by atoms with Crippen molar-refractivity contribution in [1.82, 2.24) is 19.9 Å². The molecule has 5 N–H and O–H groups in total. The predicted octanol–water partition coefficient (Wildman–Crippen LogP) is 6.60. The molecule has 0 saturated carbocycles. The van der Waals surface area contributed by atoms with Crippen LogP contribution in [0.1, 0.15) is 30.5 Å². The lowest BCUT2D eigenvalue weighted by Crippen LogP contribution is -2.76. The van der Waals surface area contributed by atoms with Crippen LogP contribution < -0.4 is 21.3 Å². The van der Waals surface area contributed by atoms with Gasteiger partial charge in [-0.3, -0.25) is 4.90 Å². The summed E-state index contributed by atoms with van der Waals surface area (Å²) in [4.78, 5) is 29.1. The lowest BCUT2D eigenvalue weighted by atomic mass is 9.78. The number of nitrogens with zero attached hydrogens (tertiary/aromatic N) is 7.